The van der Waals surface area contributed by atoms with Crippen LogP contribution in [0.3, 0.4) is 0 Å². The summed E-state index contributed by atoms with van der Waals surface area (Å²) >= 11 is 0. The highest BCUT2D eigenvalue weighted by Crippen LogP contribution is 2.33. The quantitative estimate of drug-likeness (QED) is 0.642. The maximum Gasteiger partial charge on any atom is 0.412 e. The summed E-state index contributed by atoms with van der Waals surface area (Å²) in [5.41, 5.74) is 0.695. The van der Waals surface area contributed by atoms with Crippen LogP contribution in [0.15, 0.2) is 60.7 Å². The lowest BCUT2D eigenvalue weighted by molar-refractivity contribution is -0.0647. The molecule has 0 spiro atoms. The molecule has 6 nitrogen and oxygen atoms in total. The summed E-state index contributed by atoms with van der Waals surface area (Å²) in [6.07, 6.45) is -0.468. The first kappa shape index (κ1) is 23.8. The fourth-order valence-electron chi connectivity index (χ4n) is 4.03. The van der Waals surface area contributed by atoms with E-state index >= 15 is 0 Å². The number of hydrogen-bond acceptors (Lipinski definition) is 5. The Labute approximate surface area is 191 Å². The van der Waals surface area contributed by atoms with Crippen LogP contribution in [0.4, 0.5) is 4.79 Å². The van der Waals surface area contributed by atoms with Crippen molar-refractivity contribution >= 4 is 6.09 Å². The first-order valence-corrected chi connectivity index (χ1v) is 11.0. The fraction of sp³-hybridized carbons (Fsp3) is 0.462. The van der Waals surface area contributed by atoms with Crippen LogP contribution < -0.4 is 0 Å². The van der Waals surface area contributed by atoms with E-state index in [2.05, 4.69) is 11.0 Å². The van der Waals surface area contributed by atoms with Crippen molar-refractivity contribution in [3.8, 4) is 6.07 Å². The number of carbonyl (C=O) groups excluding carboxylic acids is 1. The number of carbonyl (C=O) groups is 1. The molecule has 1 heterocycles. The molecule has 0 N–H and O–H groups in total. The molecule has 2 aromatic rings. The average molecular weight is 436 g/mol. The van der Waals surface area contributed by atoms with Crippen molar-refractivity contribution in [2.45, 2.75) is 71.1 Å². The molecule has 0 unspecified atom stereocenters. The summed E-state index contributed by atoms with van der Waals surface area (Å²) in [7, 11) is 0. The highest BCUT2D eigenvalue weighted by atomic mass is 16.6. The second kappa shape index (κ2) is 9.72. The summed E-state index contributed by atoms with van der Waals surface area (Å²) in [6.45, 7) is 10.6. The highest BCUT2D eigenvalue weighted by molar-refractivity contribution is 5.70. The van der Waals surface area contributed by atoms with Gasteiger partial charge in [0.15, 0.2) is 0 Å². The van der Waals surface area contributed by atoms with Crippen molar-refractivity contribution in [2.75, 3.05) is 6.61 Å². The Morgan fingerprint density at radius 1 is 1.12 bits per heavy atom. The highest BCUT2D eigenvalue weighted by Gasteiger charge is 2.50. The molecule has 1 aliphatic heterocycles. The largest absolute Gasteiger partial charge is 0.444 e. The Bertz CT molecular complexity index is 891. The number of nitriles is 1. The van der Waals surface area contributed by atoms with E-state index < -0.39 is 29.5 Å². The van der Waals surface area contributed by atoms with E-state index in [1.807, 2.05) is 95.3 Å². The average Bonchev–Trinajstić information content (AvgIpc) is 3.04. The number of hydrogen-bond donors (Lipinski definition) is 0. The van der Waals surface area contributed by atoms with Crippen LogP contribution in [0.5, 0.6) is 0 Å². The van der Waals surface area contributed by atoms with Crippen molar-refractivity contribution < 1.29 is 14.3 Å². The summed E-state index contributed by atoms with van der Waals surface area (Å²) in [5.74, 6) is 0. The molecule has 2 atom stereocenters. The minimum atomic E-state index is -0.868. The summed E-state index contributed by atoms with van der Waals surface area (Å²) in [4.78, 5) is 16.8. The first-order chi connectivity index (χ1) is 15.1. The van der Waals surface area contributed by atoms with Gasteiger partial charge in [0.05, 0.1) is 18.7 Å². The molecule has 0 aliphatic carbocycles. The van der Waals surface area contributed by atoms with Gasteiger partial charge in [-0.05, 0) is 45.7 Å². The van der Waals surface area contributed by atoms with Crippen LogP contribution in [-0.2, 0) is 22.6 Å². The third kappa shape index (κ3) is 5.87. The Morgan fingerprint density at radius 2 is 1.62 bits per heavy atom. The zero-order valence-electron chi connectivity index (χ0n) is 19.6. The first-order valence-electron chi connectivity index (χ1n) is 11.0. The molecule has 0 radical (unpaired) electrons. The second-order valence-electron chi connectivity index (χ2n) is 9.63. The summed E-state index contributed by atoms with van der Waals surface area (Å²) < 4.78 is 11.7. The number of benzene rings is 2. The van der Waals surface area contributed by atoms with Crippen molar-refractivity contribution in [2.24, 2.45) is 0 Å². The smallest absolute Gasteiger partial charge is 0.412 e. The number of ether oxygens (including phenoxy) is 2. The Kier molecular flexibility index (Phi) is 7.22. The molecular weight excluding hydrogens is 402 g/mol. The molecule has 0 saturated carbocycles. The minimum Gasteiger partial charge on any atom is -0.444 e. The second-order valence-corrected chi connectivity index (χ2v) is 9.63. The van der Waals surface area contributed by atoms with Crippen LogP contribution in [0.25, 0.3) is 0 Å². The summed E-state index contributed by atoms with van der Waals surface area (Å²) in [5, 5.41) is 10.3. The van der Waals surface area contributed by atoms with E-state index in [-0.39, 0.29) is 6.61 Å². The molecule has 32 heavy (non-hydrogen) atoms. The lowest BCUT2D eigenvalue weighted by atomic mass is 10.0. The molecular formula is C26H33N3O3. The Balaban J connectivity index is 1.93. The molecule has 1 saturated heterocycles. The van der Waals surface area contributed by atoms with E-state index in [9.17, 15) is 10.1 Å². The molecule has 0 bridgehead atoms. The van der Waals surface area contributed by atoms with E-state index in [1.54, 1.807) is 4.90 Å². The monoisotopic (exact) mass is 435 g/mol. The van der Waals surface area contributed by atoms with E-state index in [4.69, 9.17) is 9.47 Å². The molecule has 3 rings (SSSR count). The third-order valence-electron chi connectivity index (χ3n) is 5.46. The third-order valence-corrected chi connectivity index (χ3v) is 5.46. The molecule has 170 valence electrons. The van der Waals surface area contributed by atoms with Gasteiger partial charge in [0, 0.05) is 13.1 Å². The van der Waals surface area contributed by atoms with Crippen LogP contribution >= 0.6 is 0 Å². The molecule has 1 amide bonds. The molecule has 1 aliphatic rings. The normalized spacial score (nSPS) is 18.9. The van der Waals surface area contributed by atoms with E-state index in [0.717, 1.165) is 11.1 Å². The van der Waals surface area contributed by atoms with Crippen LogP contribution in [0.1, 0.15) is 45.7 Å². The topological polar surface area (TPSA) is 65.8 Å². The summed E-state index contributed by atoms with van der Waals surface area (Å²) in [6, 6.07) is 21.5. The van der Waals surface area contributed by atoms with Crippen LogP contribution in [0, 0.1) is 11.3 Å². The zero-order chi connectivity index (χ0) is 23.4. The van der Waals surface area contributed by atoms with Gasteiger partial charge in [0.25, 0.3) is 0 Å². The minimum absolute atomic E-state index is 0.268. The standard InChI is InChI=1S/C26H33N3O3/c1-25(2,3)32-24(30)29-23(19-31-26(29,4)5)22(16-27)28(17-20-12-8-6-9-13-20)18-21-14-10-7-11-15-21/h6-15,22-23H,17-19H2,1-5H3/t22-,23-/m0/s1. The Hall–Kier alpha value is -2.88. The molecule has 2 aromatic carbocycles. The molecule has 0 aromatic heterocycles. The van der Waals surface area contributed by atoms with Gasteiger partial charge in [-0.2, -0.15) is 5.26 Å². The van der Waals surface area contributed by atoms with Gasteiger partial charge >= 0.3 is 6.09 Å². The Morgan fingerprint density at radius 3 is 2.06 bits per heavy atom. The van der Waals surface area contributed by atoms with Gasteiger partial charge in [-0.25, -0.2) is 4.79 Å². The van der Waals surface area contributed by atoms with Gasteiger partial charge in [-0.3, -0.25) is 9.80 Å². The number of nitrogens with zero attached hydrogens (tertiary/aromatic N) is 3. The van der Waals surface area contributed by atoms with Crippen LogP contribution in [-0.4, -0.2) is 45.9 Å². The predicted octanol–water partition coefficient (Wildman–Crippen LogP) is 4.95. The van der Waals surface area contributed by atoms with Gasteiger partial charge in [0.1, 0.15) is 17.4 Å². The predicted molar refractivity (Wildman–Crippen MR) is 123 cm³/mol. The lowest BCUT2D eigenvalue weighted by Crippen LogP contribution is -2.56. The van der Waals surface area contributed by atoms with Crippen molar-refractivity contribution in [1.29, 1.82) is 5.26 Å². The van der Waals surface area contributed by atoms with E-state index in [1.165, 1.54) is 0 Å². The maximum absolute atomic E-state index is 13.1. The van der Waals surface area contributed by atoms with Gasteiger partial charge in [-0.1, -0.05) is 60.7 Å². The van der Waals surface area contributed by atoms with Crippen LogP contribution in [0.2, 0.25) is 0 Å². The van der Waals surface area contributed by atoms with Crippen molar-refractivity contribution in [3.05, 3.63) is 71.8 Å². The molecule has 1 fully saturated rings. The van der Waals surface area contributed by atoms with Gasteiger partial charge in [-0.15, -0.1) is 0 Å². The maximum atomic E-state index is 13.1. The van der Waals surface area contributed by atoms with Gasteiger partial charge < -0.3 is 9.47 Å². The van der Waals surface area contributed by atoms with Crippen molar-refractivity contribution in [1.82, 2.24) is 9.80 Å². The molecule has 6 heteroatoms. The van der Waals surface area contributed by atoms with Crippen molar-refractivity contribution in [3.63, 3.8) is 0 Å². The fourth-order valence-corrected chi connectivity index (χ4v) is 4.03. The lowest BCUT2D eigenvalue weighted by Gasteiger charge is -2.39. The SMILES string of the molecule is CC(C)(C)OC(=O)N1[C@H]([C@H](C#N)N(Cc2ccccc2)Cc2ccccc2)COC1(C)C. The van der Waals surface area contributed by atoms with E-state index in [0.29, 0.717) is 13.1 Å². The zero-order valence-corrected chi connectivity index (χ0v) is 19.6. The number of rotatable bonds is 6. The number of amides is 1. The van der Waals surface area contributed by atoms with Gasteiger partial charge in [0.2, 0.25) is 0 Å².